The maximum atomic E-state index is 6.33. The molecule has 1 fully saturated rings. The molecule has 0 bridgehead atoms. The van der Waals surface area contributed by atoms with Crippen LogP contribution >= 0.6 is 27.5 Å². The first-order valence-electron chi connectivity index (χ1n) is 7.52. The molecule has 0 aromatic heterocycles. The van der Waals surface area contributed by atoms with Crippen LogP contribution in [0.5, 0.6) is 0 Å². The van der Waals surface area contributed by atoms with Crippen molar-refractivity contribution in [2.75, 3.05) is 13.1 Å². The first-order chi connectivity index (χ1) is 9.36. The van der Waals surface area contributed by atoms with Crippen molar-refractivity contribution < 1.29 is 0 Å². The van der Waals surface area contributed by atoms with E-state index in [1.165, 1.54) is 37.9 Å². The van der Waals surface area contributed by atoms with Crippen molar-refractivity contribution in [1.29, 1.82) is 0 Å². The lowest BCUT2D eigenvalue weighted by Crippen LogP contribution is -2.26. The van der Waals surface area contributed by atoms with E-state index >= 15 is 0 Å². The van der Waals surface area contributed by atoms with E-state index in [2.05, 4.69) is 53.7 Å². The van der Waals surface area contributed by atoms with Crippen LogP contribution in [0.25, 0.3) is 0 Å². The van der Waals surface area contributed by atoms with Crippen LogP contribution < -0.4 is 0 Å². The summed E-state index contributed by atoms with van der Waals surface area (Å²) in [6.07, 6.45) is 3.96. The normalized spacial score (nSPS) is 21.8. The first-order valence-corrected chi connectivity index (χ1v) is 8.69. The van der Waals surface area contributed by atoms with Gasteiger partial charge in [0.25, 0.3) is 0 Å². The zero-order chi connectivity index (χ0) is 14.8. The van der Waals surface area contributed by atoms with Gasteiger partial charge in [-0.15, -0.1) is 0 Å². The Hall–Kier alpha value is -0.0500. The quantitative estimate of drug-likeness (QED) is 0.650. The summed E-state index contributed by atoms with van der Waals surface area (Å²) >= 11 is 9.80. The van der Waals surface area contributed by atoms with Gasteiger partial charge in [0.05, 0.1) is 0 Å². The summed E-state index contributed by atoms with van der Waals surface area (Å²) in [5.74, 6) is 0.841. The van der Waals surface area contributed by atoms with Gasteiger partial charge in [-0.1, -0.05) is 54.4 Å². The van der Waals surface area contributed by atoms with E-state index in [1.54, 1.807) is 0 Å². The van der Waals surface area contributed by atoms with E-state index in [9.17, 15) is 0 Å². The van der Waals surface area contributed by atoms with E-state index in [-0.39, 0.29) is 0 Å². The highest BCUT2D eigenvalue weighted by molar-refractivity contribution is 9.10. The smallest absolute Gasteiger partial charge is 0.0462 e. The Morgan fingerprint density at radius 3 is 2.65 bits per heavy atom. The number of likely N-dealkylation sites (tertiary alicyclic amines) is 1. The van der Waals surface area contributed by atoms with Crippen molar-refractivity contribution in [2.24, 2.45) is 11.3 Å². The lowest BCUT2D eigenvalue weighted by molar-refractivity contribution is 0.206. The molecule has 1 aromatic carbocycles. The molecule has 112 valence electrons. The molecule has 1 nitrogen and oxygen atoms in total. The Balaban J connectivity index is 1.97. The lowest BCUT2D eigenvalue weighted by atomic mass is 9.77. The third-order valence-corrected chi connectivity index (χ3v) is 5.30. The highest BCUT2D eigenvalue weighted by atomic mass is 79.9. The van der Waals surface area contributed by atoms with Crippen LogP contribution in [0.15, 0.2) is 22.7 Å². The molecule has 0 N–H and O–H groups in total. The number of rotatable bonds is 2. The molecule has 20 heavy (non-hydrogen) atoms. The third-order valence-electron chi connectivity index (χ3n) is 4.45. The summed E-state index contributed by atoms with van der Waals surface area (Å²) in [6, 6.07) is 6.21. The van der Waals surface area contributed by atoms with Gasteiger partial charge < -0.3 is 0 Å². The molecule has 0 spiro atoms. The molecule has 1 unspecified atom stereocenters. The average Bonchev–Trinajstić information content (AvgIpc) is 2.58. The molecule has 1 atom stereocenters. The van der Waals surface area contributed by atoms with Crippen molar-refractivity contribution in [3.05, 3.63) is 33.3 Å². The largest absolute Gasteiger partial charge is 0.299 e. The minimum absolute atomic E-state index is 0.436. The Morgan fingerprint density at radius 2 is 2.00 bits per heavy atom. The minimum atomic E-state index is 0.436. The van der Waals surface area contributed by atoms with Gasteiger partial charge in [-0.25, -0.2) is 0 Å². The molecule has 1 saturated heterocycles. The second kappa shape index (κ2) is 6.81. The van der Waals surface area contributed by atoms with Gasteiger partial charge in [0.2, 0.25) is 0 Å². The van der Waals surface area contributed by atoms with Crippen molar-refractivity contribution >= 4 is 27.5 Å². The van der Waals surface area contributed by atoms with E-state index < -0.39 is 0 Å². The van der Waals surface area contributed by atoms with Gasteiger partial charge in [0, 0.05) is 16.0 Å². The van der Waals surface area contributed by atoms with Gasteiger partial charge in [0.1, 0.15) is 0 Å². The number of halogens is 2. The Labute approximate surface area is 136 Å². The Kier molecular flexibility index (Phi) is 5.56. The zero-order valence-corrected chi connectivity index (χ0v) is 15.1. The minimum Gasteiger partial charge on any atom is -0.299 e. The van der Waals surface area contributed by atoms with Crippen LogP contribution in [-0.4, -0.2) is 18.0 Å². The first kappa shape index (κ1) is 16.3. The fraction of sp³-hybridized carbons (Fsp3) is 0.647. The van der Waals surface area contributed by atoms with Gasteiger partial charge >= 0.3 is 0 Å². The van der Waals surface area contributed by atoms with Gasteiger partial charge in [-0.3, -0.25) is 4.90 Å². The van der Waals surface area contributed by atoms with Gasteiger partial charge in [-0.2, -0.15) is 0 Å². The number of hydrogen-bond donors (Lipinski definition) is 0. The molecule has 0 radical (unpaired) electrons. The predicted octanol–water partition coefficient (Wildman–Crippen LogP) is 5.75. The van der Waals surface area contributed by atoms with Crippen molar-refractivity contribution in [1.82, 2.24) is 4.90 Å². The van der Waals surface area contributed by atoms with E-state index in [4.69, 9.17) is 11.6 Å². The van der Waals surface area contributed by atoms with E-state index in [0.29, 0.717) is 5.41 Å². The Bertz CT molecular complexity index is 453. The van der Waals surface area contributed by atoms with Crippen molar-refractivity contribution in [2.45, 2.75) is 46.6 Å². The van der Waals surface area contributed by atoms with Gasteiger partial charge in [0.15, 0.2) is 0 Å². The molecule has 3 heteroatoms. The van der Waals surface area contributed by atoms with Crippen molar-refractivity contribution in [3.8, 4) is 0 Å². The summed E-state index contributed by atoms with van der Waals surface area (Å²) in [7, 11) is 0. The monoisotopic (exact) mass is 357 g/mol. The molecule has 1 aliphatic heterocycles. The lowest BCUT2D eigenvalue weighted by Gasteiger charge is -2.29. The van der Waals surface area contributed by atoms with Crippen LogP contribution in [0.4, 0.5) is 0 Å². The predicted molar refractivity (Wildman–Crippen MR) is 91.2 cm³/mol. The molecule has 1 aromatic rings. The molecule has 1 aliphatic rings. The summed E-state index contributed by atoms with van der Waals surface area (Å²) in [5, 5.41) is 0.871. The van der Waals surface area contributed by atoms with Crippen LogP contribution in [0.3, 0.4) is 0 Å². The topological polar surface area (TPSA) is 3.24 Å². The zero-order valence-electron chi connectivity index (χ0n) is 12.8. The van der Waals surface area contributed by atoms with Crippen LogP contribution in [0.1, 0.15) is 45.6 Å². The third kappa shape index (κ3) is 4.47. The molecular weight excluding hydrogens is 334 g/mol. The SMILES string of the molecule is CC(C)(C)C1CCCN(Cc2ccc(Br)cc2Cl)CC1. The fourth-order valence-electron chi connectivity index (χ4n) is 3.07. The summed E-state index contributed by atoms with van der Waals surface area (Å²) in [4.78, 5) is 2.56. The summed E-state index contributed by atoms with van der Waals surface area (Å²) < 4.78 is 1.05. The molecule has 2 rings (SSSR count). The maximum absolute atomic E-state index is 6.33. The van der Waals surface area contributed by atoms with E-state index in [1.807, 2.05) is 6.07 Å². The van der Waals surface area contributed by atoms with Crippen molar-refractivity contribution in [3.63, 3.8) is 0 Å². The summed E-state index contributed by atoms with van der Waals surface area (Å²) in [6.45, 7) is 10.5. The summed E-state index contributed by atoms with van der Waals surface area (Å²) in [5.41, 5.74) is 1.68. The molecule has 1 heterocycles. The number of benzene rings is 1. The second-order valence-corrected chi connectivity index (χ2v) is 8.33. The highest BCUT2D eigenvalue weighted by Crippen LogP contribution is 2.34. The molecular formula is C17H25BrClN. The standard InChI is InChI=1S/C17H25BrClN/c1-17(2,3)14-5-4-9-20(10-8-14)12-13-6-7-15(18)11-16(13)19/h6-7,11,14H,4-5,8-10,12H2,1-3H3. The molecule has 0 saturated carbocycles. The fourth-order valence-corrected chi connectivity index (χ4v) is 3.80. The van der Waals surface area contributed by atoms with Crippen LogP contribution in [0, 0.1) is 11.3 Å². The highest BCUT2D eigenvalue weighted by Gasteiger charge is 2.27. The Morgan fingerprint density at radius 1 is 1.25 bits per heavy atom. The molecule has 0 amide bonds. The van der Waals surface area contributed by atoms with Gasteiger partial charge in [-0.05, 0) is 61.4 Å². The maximum Gasteiger partial charge on any atom is 0.0462 e. The van der Waals surface area contributed by atoms with E-state index in [0.717, 1.165) is 22.0 Å². The van der Waals surface area contributed by atoms with Crippen LogP contribution in [0.2, 0.25) is 5.02 Å². The second-order valence-electron chi connectivity index (χ2n) is 7.01. The number of nitrogens with zero attached hydrogens (tertiary/aromatic N) is 1. The average molecular weight is 359 g/mol. The van der Waals surface area contributed by atoms with Crippen LogP contribution in [-0.2, 0) is 6.54 Å². The molecule has 0 aliphatic carbocycles. The number of hydrogen-bond acceptors (Lipinski definition) is 1.